The molecule has 0 aliphatic heterocycles. The van der Waals surface area contributed by atoms with Gasteiger partial charge in [0.05, 0.1) is 21.9 Å². The highest BCUT2D eigenvalue weighted by Crippen LogP contribution is 2.29. The molecule has 0 heterocycles. The van der Waals surface area contributed by atoms with E-state index in [9.17, 15) is 14.4 Å². The number of nitrogens with one attached hydrogen (secondary N) is 2. The Labute approximate surface area is 213 Å². The van der Waals surface area contributed by atoms with E-state index in [-0.39, 0.29) is 21.5 Å². The molecule has 0 bridgehead atoms. The first-order valence-electron chi connectivity index (χ1n) is 9.66. The third-order valence-electron chi connectivity index (χ3n) is 4.17. The Morgan fingerprint density at radius 3 is 2.47 bits per heavy atom. The fourth-order valence-corrected chi connectivity index (χ4v) is 3.30. The molecule has 0 fully saturated rings. The summed E-state index contributed by atoms with van der Waals surface area (Å²) in [7, 11) is 0. The van der Waals surface area contributed by atoms with Crippen molar-refractivity contribution in [2.75, 3.05) is 5.32 Å². The normalized spacial score (nSPS) is 10.9. The molecular formula is C24H16BrCl2N3O4. The maximum atomic E-state index is 12.2. The molecule has 0 aliphatic carbocycles. The molecule has 2 N–H and O–H groups in total. The van der Waals surface area contributed by atoms with E-state index in [0.29, 0.717) is 10.0 Å². The number of ether oxygens (including phenoxy) is 1. The lowest BCUT2D eigenvalue weighted by molar-refractivity contribution is -0.136. The van der Waals surface area contributed by atoms with Gasteiger partial charge in [0, 0.05) is 16.1 Å². The van der Waals surface area contributed by atoms with Crippen molar-refractivity contribution in [3.8, 4) is 5.75 Å². The van der Waals surface area contributed by atoms with Crippen molar-refractivity contribution < 1.29 is 19.1 Å². The summed E-state index contributed by atoms with van der Waals surface area (Å²) >= 11 is 15.2. The highest BCUT2D eigenvalue weighted by Gasteiger charge is 2.15. The lowest BCUT2D eigenvalue weighted by Gasteiger charge is -2.07. The zero-order valence-electron chi connectivity index (χ0n) is 17.3. The maximum absolute atomic E-state index is 12.2. The Morgan fingerprint density at radius 2 is 1.71 bits per heavy atom. The van der Waals surface area contributed by atoms with Crippen LogP contribution in [0, 0.1) is 0 Å². The second-order valence-corrected chi connectivity index (χ2v) is 8.30. The van der Waals surface area contributed by atoms with Gasteiger partial charge in [-0.15, -0.1) is 0 Å². The lowest BCUT2D eigenvalue weighted by Crippen LogP contribution is -2.32. The monoisotopic (exact) mass is 559 g/mol. The van der Waals surface area contributed by atoms with Crippen molar-refractivity contribution >= 4 is 74.9 Å². The predicted molar refractivity (Wildman–Crippen MR) is 136 cm³/mol. The third-order valence-corrected chi connectivity index (χ3v) is 5.48. The number of hydrogen-bond donors (Lipinski definition) is 2. The van der Waals surface area contributed by atoms with E-state index in [0.717, 1.165) is 5.56 Å². The summed E-state index contributed by atoms with van der Waals surface area (Å²) in [6, 6.07) is 18.8. The minimum absolute atomic E-state index is 0.107. The van der Waals surface area contributed by atoms with Crippen LogP contribution in [0.3, 0.4) is 0 Å². The zero-order chi connectivity index (χ0) is 24.5. The Hall–Kier alpha value is -3.46. The first-order chi connectivity index (χ1) is 16.3. The van der Waals surface area contributed by atoms with Crippen molar-refractivity contribution in [2.24, 2.45) is 5.10 Å². The molecule has 0 saturated carbocycles. The van der Waals surface area contributed by atoms with Crippen LogP contribution in [-0.2, 0) is 14.4 Å². The fraction of sp³-hybridized carbons (Fsp3) is 0. The number of anilines is 1. The van der Waals surface area contributed by atoms with Gasteiger partial charge in [-0.1, -0.05) is 75.5 Å². The summed E-state index contributed by atoms with van der Waals surface area (Å²) in [6.07, 6.45) is 4.16. The van der Waals surface area contributed by atoms with Crippen LogP contribution >= 0.6 is 39.1 Å². The average Bonchev–Trinajstić information content (AvgIpc) is 2.83. The van der Waals surface area contributed by atoms with Gasteiger partial charge in [-0.05, 0) is 42.0 Å². The molecule has 0 spiro atoms. The highest BCUT2D eigenvalue weighted by molar-refractivity contribution is 9.10. The lowest BCUT2D eigenvalue weighted by atomic mass is 10.2. The number of esters is 1. The molecule has 7 nitrogen and oxygen atoms in total. The summed E-state index contributed by atoms with van der Waals surface area (Å²) in [4.78, 5) is 36.4. The fourth-order valence-electron chi connectivity index (χ4n) is 2.57. The van der Waals surface area contributed by atoms with Gasteiger partial charge in [-0.2, -0.15) is 5.10 Å². The number of nitrogens with zero attached hydrogens (tertiary/aromatic N) is 1. The summed E-state index contributed by atoms with van der Waals surface area (Å²) in [6.45, 7) is 0. The molecule has 3 aromatic carbocycles. The molecule has 0 aliphatic rings. The molecule has 0 aromatic heterocycles. The van der Waals surface area contributed by atoms with Crippen molar-refractivity contribution in [1.29, 1.82) is 0 Å². The van der Waals surface area contributed by atoms with Gasteiger partial charge in [-0.25, -0.2) is 10.2 Å². The van der Waals surface area contributed by atoms with Gasteiger partial charge in [0.1, 0.15) is 5.75 Å². The van der Waals surface area contributed by atoms with E-state index in [4.69, 9.17) is 27.9 Å². The van der Waals surface area contributed by atoms with Crippen molar-refractivity contribution in [1.82, 2.24) is 5.43 Å². The van der Waals surface area contributed by atoms with Gasteiger partial charge in [0.2, 0.25) is 0 Å². The zero-order valence-corrected chi connectivity index (χ0v) is 20.4. The highest BCUT2D eigenvalue weighted by atomic mass is 79.9. The van der Waals surface area contributed by atoms with Crippen LogP contribution in [0.4, 0.5) is 5.69 Å². The Morgan fingerprint density at radius 1 is 0.941 bits per heavy atom. The molecule has 3 rings (SSSR count). The molecule has 10 heteroatoms. The van der Waals surface area contributed by atoms with Crippen LogP contribution in [-0.4, -0.2) is 24.0 Å². The summed E-state index contributed by atoms with van der Waals surface area (Å²) in [5.41, 5.74) is 3.52. The second-order valence-electron chi connectivity index (χ2n) is 6.60. The number of carbonyl (C=O) groups excluding carboxylic acids is 3. The molecule has 0 saturated heterocycles. The molecule has 172 valence electrons. The maximum Gasteiger partial charge on any atom is 0.336 e. The van der Waals surface area contributed by atoms with E-state index in [1.54, 1.807) is 36.4 Å². The van der Waals surface area contributed by atoms with Crippen molar-refractivity contribution in [2.45, 2.75) is 0 Å². The second kappa shape index (κ2) is 12.1. The predicted octanol–water partition coefficient (Wildman–Crippen LogP) is 5.46. The molecule has 34 heavy (non-hydrogen) atoms. The van der Waals surface area contributed by atoms with Gasteiger partial charge < -0.3 is 10.1 Å². The summed E-state index contributed by atoms with van der Waals surface area (Å²) in [5.74, 6) is -2.42. The van der Waals surface area contributed by atoms with Crippen LogP contribution < -0.4 is 15.5 Å². The van der Waals surface area contributed by atoms with E-state index in [1.807, 2.05) is 30.3 Å². The summed E-state index contributed by atoms with van der Waals surface area (Å²) < 4.78 is 6.06. The number of hydrazone groups is 1. The van der Waals surface area contributed by atoms with Crippen LogP contribution in [0.15, 0.2) is 82.4 Å². The van der Waals surface area contributed by atoms with Gasteiger partial charge >= 0.3 is 17.8 Å². The van der Waals surface area contributed by atoms with E-state index in [2.05, 4.69) is 31.8 Å². The first kappa shape index (κ1) is 25.2. The third kappa shape index (κ3) is 7.28. The van der Waals surface area contributed by atoms with E-state index >= 15 is 0 Å². The minimum Gasteiger partial charge on any atom is -0.423 e. The van der Waals surface area contributed by atoms with E-state index in [1.165, 1.54) is 18.4 Å². The van der Waals surface area contributed by atoms with Crippen molar-refractivity contribution in [3.05, 3.63) is 98.5 Å². The smallest absolute Gasteiger partial charge is 0.336 e. The number of benzene rings is 3. The molecule has 2 amide bonds. The molecule has 3 aromatic rings. The Balaban J connectivity index is 1.63. The first-order valence-corrected chi connectivity index (χ1v) is 11.2. The summed E-state index contributed by atoms with van der Waals surface area (Å²) in [5, 5.41) is 6.46. The van der Waals surface area contributed by atoms with Crippen LogP contribution in [0.25, 0.3) is 6.08 Å². The van der Waals surface area contributed by atoms with Crippen molar-refractivity contribution in [3.63, 3.8) is 0 Å². The molecule has 0 unspecified atom stereocenters. The average molecular weight is 561 g/mol. The van der Waals surface area contributed by atoms with Crippen LogP contribution in [0.1, 0.15) is 11.1 Å². The topological polar surface area (TPSA) is 96.9 Å². The number of halogens is 3. The minimum atomic E-state index is -1.04. The van der Waals surface area contributed by atoms with E-state index < -0.39 is 17.8 Å². The Bertz CT molecular complexity index is 1280. The van der Waals surface area contributed by atoms with Gasteiger partial charge in [0.25, 0.3) is 0 Å². The molecule has 0 radical (unpaired) electrons. The standard InChI is InChI=1S/C24H16BrCl2N3O4/c25-17-10-11-20(34-21(31)12-9-15-5-2-1-3-6-15)16(13-17)14-28-30-24(33)23(32)29-19-8-4-7-18(26)22(19)27/h1-14H,(H,29,32)(H,30,33)/b12-9+,28-14-. The molecule has 0 atom stereocenters. The number of carbonyl (C=O) groups is 3. The van der Waals surface area contributed by atoms with Crippen LogP contribution in [0.5, 0.6) is 5.75 Å². The number of amides is 2. The number of hydrogen-bond acceptors (Lipinski definition) is 5. The number of rotatable bonds is 6. The Kier molecular flexibility index (Phi) is 8.98. The quantitative estimate of drug-likeness (QED) is 0.104. The SMILES string of the molecule is O=C(/C=C/c1ccccc1)Oc1ccc(Br)cc1/C=N\NC(=O)C(=O)Nc1cccc(Cl)c1Cl. The largest absolute Gasteiger partial charge is 0.423 e. The van der Waals surface area contributed by atoms with Crippen LogP contribution in [0.2, 0.25) is 10.0 Å². The molecular weight excluding hydrogens is 545 g/mol. The van der Waals surface area contributed by atoms with Gasteiger partial charge in [-0.3, -0.25) is 9.59 Å². The van der Waals surface area contributed by atoms with Gasteiger partial charge in [0.15, 0.2) is 0 Å².